The van der Waals surface area contributed by atoms with E-state index >= 15 is 0 Å². The van der Waals surface area contributed by atoms with E-state index in [0.29, 0.717) is 0 Å². The summed E-state index contributed by atoms with van der Waals surface area (Å²) in [5.74, 6) is 1.10. The van der Waals surface area contributed by atoms with Gasteiger partial charge in [0.1, 0.15) is 0 Å². The van der Waals surface area contributed by atoms with Gasteiger partial charge in [0.15, 0.2) is 0 Å². The Balaban J connectivity index is 2.61. The van der Waals surface area contributed by atoms with Crippen LogP contribution < -0.4 is 0 Å². The van der Waals surface area contributed by atoms with Crippen molar-refractivity contribution in [2.45, 2.75) is 12.8 Å². The first-order valence-corrected chi connectivity index (χ1v) is 4.58. The van der Waals surface area contributed by atoms with Gasteiger partial charge in [-0.3, -0.25) is 0 Å². The van der Waals surface area contributed by atoms with E-state index in [0.717, 1.165) is 18.6 Å². The Hall–Kier alpha value is -0.370. The molecule has 0 unspecified atom stereocenters. The van der Waals surface area contributed by atoms with Crippen LogP contribution in [0.25, 0.3) is 0 Å². The second kappa shape index (κ2) is 3.71. The summed E-state index contributed by atoms with van der Waals surface area (Å²) in [5.41, 5.74) is 0. The van der Waals surface area contributed by atoms with Crippen LogP contribution in [0.3, 0.4) is 0 Å². The fourth-order valence-electron chi connectivity index (χ4n) is 0.950. The third-order valence-electron chi connectivity index (χ3n) is 1.54. The first-order valence-electron chi connectivity index (χ1n) is 3.35. The number of rotatable bonds is 2. The summed E-state index contributed by atoms with van der Waals surface area (Å²) < 4.78 is 5.13. The van der Waals surface area contributed by atoms with E-state index in [-0.39, 0.29) is 0 Å². The van der Waals surface area contributed by atoms with Gasteiger partial charge in [0, 0.05) is 11.3 Å². The third-order valence-corrected chi connectivity index (χ3v) is 2.29. The van der Waals surface area contributed by atoms with Gasteiger partial charge in [0.25, 0.3) is 0 Å². The molecule has 10 heavy (non-hydrogen) atoms. The van der Waals surface area contributed by atoms with E-state index in [1.165, 1.54) is 4.91 Å². The zero-order valence-electron chi connectivity index (χ0n) is 6.39. The predicted molar refractivity (Wildman–Crippen MR) is 45.9 cm³/mol. The lowest BCUT2D eigenvalue weighted by Gasteiger charge is -2.10. The van der Waals surface area contributed by atoms with Gasteiger partial charge in [-0.1, -0.05) is 6.08 Å². The number of hydrogen-bond acceptors (Lipinski definition) is 2. The lowest BCUT2D eigenvalue weighted by molar-refractivity contribution is 0.276. The smallest absolute Gasteiger partial charge is 0.0969 e. The summed E-state index contributed by atoms with van der Waals surface area (Å²) in [6.45, 7) is 0. The minimum Gasteiger partial charge on any atom is -0.501 e. The van der Waals surface area contributed by atoms with Crippen LogP contribution in [0.5, 0.6) is 0 Å². The molecule has 0 N–H and O–H groups in total. The third kappa shape index (κ3) is 1.81. The molecule has 0 atom stereocenters. The van der Waals surface area contributed by atoms with Crippen LogP contribution in [0, 0.1) is 0 Å². The zero-order valence-corrected chi connectivity index (χ0v) is 7.20. The highest BCUT2D eigenvalue weighted by Gasteiger charge is 2.02. The van der Waals surface area contributed by atoms with Crippen LogP contribution >= 0.6 is 11.8 Å². The molecule has 0 aromatic rings. The highest BCUT2D eigenvalue weighted by Crippen LogP contribution is 2.23. The first kappa shape index (κ1) is 7.73. The van der Waals surface area contributed by atoms with Crippen LogP contribution in [0.1, 0.15) is 12.8 Å². The highest BCUT2D eigenvalue weighted by atomic mass is 32.2. The first-order chi connectivity index (χ1) is 4.86. The Morgan fingerprint density at radius 3 is 3.00 bits per heavy atom. The average molecular weight is 156 g/mol. The molecule has 0 heterocycles. The predicted octanol–water partition coefficient (Wildman–Crippen LogP) is 2.56. The van der Waals surface area contributed by atoms with E-state index in [4.69, 9.17) is 4.74 Å². The Labute approximate surface area is 66.1 Å². The van der Waals surface area contributed by atoms with Crippen molar-refractivity contribution >= 4 is 11.8 Å². The van der Waals surface area contributed by atoms with E-state index < -0.39 is 0 Å². The summed E-state index contributed by atoms with van der Waals surface area (Å²) in [7, 11) is 1.73. The molecule has 0 radical (unpaired) electrons. The lowest BCUT2D eigenvalue weighted by atomic mass is 10.2. The van der Waals surface area contributed by atoms with E-state index in [1.807, 2.05) is 0 Å². The van der Waals surface area contributed by atoms with Crippen molar-refractivity contribution in [3.8, 4) is 0 Å². The van der Waals surface area contributed by atoms with Gasteiger partial charge in [0.05, 0.1) is 12.9 Å². The molecule has 1 aliphatic carbocycles. The van der Waals surface area contributed by atoms with Crippen molar-refractivity contribution < 1.29 is 4.74 Å². The normalized spacial score (nSPS) is 17.8. The Morgan fingerprint density at radius 2 is 2.40 bits per heavy atom. The van der Waals surface area contributed by atoms with Crippen LogP contribution in [-0.4, -0.2) is 13.4 Å². The topological polar surface area (TPSA) is 9.23 Å². The SMILES string of the molecule is COC1=CC(SC)=CCC1. The molecule has 56 valence electrons. The van der Waals surface area contributed by atoms with Gasteiger partial charge in [-0.2, -0.15) is 0 Å². The molecule has 1 nitrogen and oxygen atoms in total. The molecule has 2 heteroatoms. The van der Waals surface area contributed by atoms with Gasteiger partial charge in [-0.05, 0) is 18.8 Å². The molecular formula is C8H12OS. The van der Waals surface area contributed by atoms with Crippen molar-refractivity contribution in [3.05, 3.63) is 22.8 Å². The monoisotopic (exact) mass is 156 g/mol. The molecule has 0 fully saturated rings. The molecule has 0 saturated heterocycles. The number of thioether (sulfide) groups is 1. The van der Waals surface area contributed by atoms with E-state index in [9.17, 15) is 0 Å². The van der Waals surface area contributed by atoms with Gasteiger partial charge in [-0.15, -0.1) is 11.8 Å². The second-order valence-electron chi connectivity index (χ2n) is 2.16. The molecule has 1 rings (SSSR count). The van der Waals surface area contributed by atoms with E-state index in [2.05, 4.69) is 18.4 Å². The highest BCUT2D eigenvalue weighted by molar-refractivity contribution is 8.02. The van der Waals surface area contributed by atoms with Gasteiger partial charge in [0.2, 0.25) is 0 Å². The minimum absolute atomic E-state index is 1.06. The number of allylic oxidation sites excluding steroid dienone is 3. The van der Waals surface area contributed by atoms with Crippen LogP contribution in [0.15, 0.2) is 22.8 Å². The number of ether oxygens (including phenoxy) is 1. The van der Waals surface area contributed by atoms with Crippen molar-refractivity contribution in [1.29, 1.82) is 0 Å². The van der Waals surface area contributed by atoms with Crippen LogP contribution in [-0.2, 0) is 4.74 Å². The van der Waals surface area contributed by atoms with Gasteiger partial charge < -0.3 is 4.74 Å². The van der Waals surface area contributed by atoms with Gasteiger partial charge in [-0.25, -0.2) is 0 Å². The van der Waals surface area contributed by atoms with Gasteiger partial charge >= 0.3 is 0 Å². The quantitative estimate of drug-likeness (QED) is 0.607. The summed E-state index contributed by atoms with van der Waals surface area (Å²) in [5, 5.41) is 0. The Morgan fingerprint density at radius 1 is 1.60 bits per heavy atom. The fraction of sp³-hybridized carbons (Fsp3) is 0.500. The van der Waals surface area contributed by atoms with Crippen LogP contribution in [0.4, 0.5) is 0 Å². The minimum atomic E-state index is 1.06. The Kier molecular flexibility index (Phi) is 2.87. The molecule has 0 spiro atoms. The standard InChI is InChI=1S/C8H12OS/c1-9-7-4-3-5-8(6-7)10-2/h5-6H,3-4H2,1-2H3. The van der Waals surface area contributed by atoms with Crippen molar-refractivity contribution in [2.24, 2.45) is 0 Å². The van der Waals surface area contributed by atoms with Crippen LogP contribution in [0.2, 0.25) is 0 Å². The summed E-state index contributed by atoms with van der Waals surface area (Å²) in [6, 6.07) is 0. The maximum absolute atomic E-state index is 5.13. The molecule has 0 amide bonds. The molecule has 0 aliphatic heterocycles. The largest absolute Gasteiger partial charge is 0.501 e. The van der Waals surface area contributed by atoms with Crippen molar-refractivity contribution in [1.82, 2.24) is 0 Å². The molecule has 1 aliphatic rings. The maximum atomic E-state index is 5.13. The average Bonchev–Trinajstić information content (AvgIpc) is 2.05. The number of hydrogen-bond donors (Lipinski definition) is 0. The van der Waals surface area contributed by atoms with E-state index in [1.54, 1.807) is 18.9 Å². The zero-order chi connectivity index (χ0) is 7.40. The summed E-state index contributed by atoms with van der Waals surface area (Å²) in [6.07, 6.45) is 8.61. The molecule has 0 bridgehead atoms. The second-order valence-corrected chi connectivity index (χ2v) is 3.04. The molecule has 0 saturated carbocycles. The molecular weight excluding hydrogens is 144 g/mol. The van der Waals surface area contributed by atoms with Crippen molar-refractivity contribution in [3.63, 3.8) is 0 Å². The Bertz CT molecular complexity index is 170. The molecule has 0 aromatic heterocycles. The summed E-state index contributed by atoms with van der Waals surface area (Å²) >= 11 is 1.77. The summed E-state index contributed by atoms with van der Waals surface area (Å²) in [4.78, 5) is 1.32. The molecule has 0 aromatic carbocycles. The number of methoxy groups -OCH3 is 1. The maximum Gasteiger partial charge on any atom is 0.0969 e. The fourth-order valence-corrected chi connectivity index (χ4v) is 1.48. The lowest BCUT2D eigenvalue weighted by Crippen LogP contribution is -1.91. The van der Waals surface area contributed by atoms with Crippen molar-refractivity contribution in [2.75, 3.05) is 13.4 Å².